The summed E-state index contributed by atoms with van der Waals surface area (Å²) in [6, 6.07) is 6.50. The van der Waals surface area contributed by atoms with Crippen LogP contribution in [0.2, 0.25) is 5.02 Å². The number of methoxy groups -OCH3 is 1. The zero-order valence-electron chi connectivity index (χ0n) is 9.55. The van der Waals surface area contributed by atoms with Crippen molar-refractivity contribution in [3.63, 3.8) is 0 Å². The first-order valence-electron chi connectivity index (χ1n) is 5.14. The van der Waals surface area contributed by atoms with Gasteiger partial charge in [0.05, 0.1) is 17.7 Å². The Kier molecular flexibility index (Phi) is 3.48. The number of carboxylic acids is 1. The molecule has 0 bridgehead atoms. The van der Waals surface area contributed by atoms with E-state index in [4.69, 9.17) is 21.4 Å². The topological polar surface area (TPSA) is 59.4 Å². The number of benzene rings is 1. The second-order valence-electron chi connectivity index (χ2n) is 3.58. The molecule has 0 aliphatic heterocycles. The zero-order valence-corrected chi connectivity index (χ0v) is 10.3. The summed E-state index contributed by atoms with van der Waals surface area (Å²) in [7, 11) is 1.55. The van der Waals surface area contributed by atoms with Crippen molar-refractivity contribution in [3.05, 3.63) is 47.2 Å². The normalized spacial score (nSPS) is 10.1. The van der Waals surface area contributed by atoms with Crippen LogP contribution in [0.3, 0.4) is 0 Å². The van der Waals surface area contributed by atoms with Gasteiger partial charge in [-0.15, -0.1) is 0 Å². The van der Waals surface area contributed by atoms with Crippen molar-refractivity contribution in [3.8, 4) is 16.9 Å². The fourth-order valence-electron chi connectivity index (χ4n) is 1.63. The fourth-order valence-corrected chi connectivity index (χ4v) is 1.83. The van der Waals surface area contributed by atoms with Crippen molar-refractivity contribution in [2.45, 2.75) is 0 Å². The number of halogens is 1. The van der Waals surface area contributed by atoms with E-state index in [1.165, 1.54) is 6.07 Å². The van der Waals surface area contributed by atoms with Crippen molar-refractivity contribution >= 4 is 17.6 Å². The quantitative estimate of drug-likeness (QED) is 0.924. The van der Waals surface area contributed by atoms with Gasteiger partial charge in [-0.25, -0.2) is 4.79 Å². The van der Waals surface area contributed by atoms with Gasteiger partial charge >= 0.3 is 5.97 Å². The first kappa shape index (κ1) is 12.4. The van der Waals surface area contributed by atoms with Crippen LogP contribution < -0.4 is 4.74 Å². The Morgan fingerprint density at radius 3 is 2.83 bits per heavy atom. The van der Waals surface area contributed by atoms with E-state index in [0.717, 1.165) is 5.56 Å². The molecule has 1 N–H and O–H groups in total. The predicted molar refractivity (Wildman–Crippen MR) is 68.2 cm³/mol. The average molecular weight is 264 g/mol. The lowest BCUT2D eigenvalue weighted by Crippen LogP contribution is -1.98. The molecule has 4 nitrogen and oxygen atoms in total. The number of pyridine rings is 1. The summed E-state index contributed by atoms with van der Waals surface area (Å²) >= 11 is 5.82. The van der Waals surface area contributed by atoms with Crippen LogP contribution in [0.4, 0.5) is 0 Å². The van der Waals surface area contributed by atoms with Crippen molar-refractivity contribution in [1.29, 1.82) is 0 Å². The molecule has 92 valence electrons. The van der Waals surface area contributed by atoms with Crippen molar-refractivity contribution in [2.75, 3.05) is 7.11 Å². The van der Waals surface area contributed by atoms with Crippen LogP contribution in [0.25, 0.3) is 11.1 Å². The van der Waals surface area contributed by atoms with Crippen LogP contribution in [-0.2, 0) is 0 Å². The number of hydrogen-bond acceptors (Lipinski definition) is 3. The van der Waals surface area contributed by atoms with Gasteiger partial charge in [0.2, 0.25) is 0 Å². The predicted octanol–water partition coefficient (Wildman–Crippen LogP) is 3.11. The van der Waals surface area contributed by atoms with Crippen molar-refractivity contribution in [1.82, 2.24) is 4.98 Å². The van der Waals surface area contributed by atoms with Crippen LogP contribution in [0.5, 0.6) is 5.75 Å². The zero-order chi connectivity index (χ0) is 13.1. The van der Waals surface area contributed by atoms with E-state index in [9.17, 15) is 4.79 Å². The van der Waals surface area contributed by atoms with Crippen LogP contribution in [0, 0.1) is 0 Å². The Bertz CT molecular complexity index is 599. The van der Waals surface area contributed by atoms with Gasteiger partial charge in [0.25, 0.3) is 0 Å². The second-order valence-corrected chi connectivity index (χ2v) is 3.98. The van der Waals surface area contributed by atoms with Gasteiger partial charge in [0.1, 0.15) is 5.75 Å². The summed E-state index contributed by atoms with van der Waals surface area (Å²) in [4.78, 5) is 15.0. The lowest BCUT2D eigenvalue weighted by atomic mass is 10.0. The van der Waals surface area contributed by atoms with Gasteiger partial charge in [-0.1, -0.05) is 17.7 Å². The van der Waals surface area contributed by atoms with E-state index < -0.39 is 5.97 Å². The molecule has 0 aliphatic carbocycles. The lowest BCUT2D eigenvalue weighted by molar-refractivity contribution is 0.0697. The highest BCUT2D eigenvalue weighted by molar-refractivity contribution is 6.33. The smallest absolute Gasteiger partial charge is 0.337 e. The molecule has 0 radical (unpaired) electrons. The Hall–Kier alpha value is -2.07. The first-order chi connectivity index (χ1) is 8.63. The molecule has 1 aromatic heterocycles. The maximum atomic E-state index is 11.0. The third-order valence-electron chi connectivity index (χ3n) is 2.51. The third-order valence-corrected chi connectivity index (χ3v) is 2.84. The number of ether oxygens (including phenoxy) is 1. The van der Waals surface area contributed by atoms with Crippen LogP contribution in [-0.4, -0.2) is 23.2 Å². The van der Waals surface area contributed by atoms with Gasteiger partial charge in [0, 0.05) is 18.0 Å². The summed E-state index contributed by atoms with van der Waals surface area (Å²) in [5.74, 6) is -0.437. The molecular weight excluding hydrogens is 254 g/mol. The minimum absolute atomic E-state index is 0.0556. The molecule has 1 heterocycles. The molecule has 5 heteroatoms. The van der Waals surface area contributed by atoms with E-state index in [0.29, 0.717) is 11.3 Å². The van der Waals surface area contributed by atoms with Crippen molar-refractivity contribution < 1.29 is 14.6 Å². The molecular formula is C13H10ClNO3. The van der Waals surface area contributed by atoms with Crippen LogP contribution >= 0.6 is 11.6 Å². The number of hydrogen-bond donors (Lipinski definition) is 1. The fraction of sp³-hybridized carbons (Fsp3) is 0.0769. The summed E-state index contributed by atoms with van der Waals surface area (Å²) in [5.41, 5.74) is 1.47. The molecule has 0 aliphatic rings. The van der Waals surface area contributed by atoms with E-state index in [-0.39, 0.29) is 10.6 Å². The van der Waals surface area contributed by atoms with Gasteiger partial charge in [-0.3, -0.25) is 4.98 Å². The molecule has 18 heavy (non-hydrogen) atoms. The molecule has 0 saturated heterocycles. The van der Waals surface area contributed by atoms with E-state index in [2.05, 4.69) is 4.98 Å². The first-order valence-corrected chi connectivity index (χ1v) is 5.52. The lowest BCUT2D eigenvalue weighted by Gasteiger charge is -2.09. The van der Waals surface area contributed by atoms with Gasteiger partial charge < -0.3 is 9.84 Å². The van der Waals surface area contributed by atoms with Gasteiger partial charge in [0.15, 0.2) is 0 Å². The number of aromatic carboxylic acids is 1. The van der Waals surface area contributed by atoms with Crippen molar-refractivity contribution in [2.24, 2.45) is 0 Å². The molecule has 0 saturated carbocycles. The minimum Gasteiger partial charge on any atom is -0.496 e. The highest BCUT2D eigenvalue weighted by atomic mass is 35.5. The molecule has 0 spiro atoms. The summed E-state index contributed by atoms with van der Waals surface area (Å²) < 4.78 is 5.21. The molecule has 0 atom stereocenters. The molecule has 0 amide bonds. The number of aromatic nitrogens is 1. The highest BCUT2D eigenvalue weighted by Crippen LogP contribution is 2.31. The molecule has 0 fully saturated rings. The molecule has 2 aromatic rings. The SMILES string of the molecule is COc1ccncc1-c1ccc(Cl)c(C(=O)O)c1. The van der Waals surface area contributed by atoms with Crippen LogP contribution in [0.15, 0.2) is 36.7 Å². The Morgan fingerprint density at radius 2 is 2.17 bits per heavy atom. The van der Waals surface area contributed by atoms with E-state index in [1.54, 1.807) is 37.7 Å². The summed E-state index contributed by atoms with van der Waals surface area (Å²) in [6.45, 7) is 0. The minimum atomic E-state index is -1.07. The monoisotopic (exact) mass is 263 g/mol. The second kappa shape index (κ2) is 5.06. The highest BCUT2D eigenvalue weighted by Gasteiger charge is 2.12. The van der Waals surface area contributed by atoms with E-state index >= 15 is 0 Å². The number of carboxylic acid groups (broad SMARTS) is 1. The Labute approximate surface area is 109 Å². The summed E-state index contributed by atoms with van der Waals surface area (Å²) in [5, 5.41) is 9.24. The van der Waals surface area contributed by atoms with Gasteiger partial charge in [-0.2, -0.15) is 0 Å². The van der Waals surface area contributed by atoms with Crippen LogP contribution in [0.1, 0.15) is 10.4 Å². The molecule has 1 aromatic carbocycles. The maximum Gasteiger partial charge on any atom is 0.337 e. The maximum absolute atomic E-state index is 11.0. The number of carbonyl (C=O) groups is 1. The molecule has 2 rings (SSSR count). The Morgan fingerprint density at radius 1 is 1.39 bits per heavy atom. The van der Waals surface area contributed by atoms with Gasteiger partial charge in [-0.05, 0) is 23.8 Å². The molecule has 0 unspecified atom stereocenters. The third kappa shape index (κ3) is 2.28. The average Bonchev–Trinajstić information content (AvgIpc) is 2.39. The Balaban J connectivity index is 2.58. The van der Waals surface area contributed by atoms with E-state index in [1.807, 2.05) is 0 Å². The largest absolute Gasteiger partial charge is 0.496 e. The summed E-state index contributed by atoms with van der Waals surface area (Å²) in [6.07, 6.45) is 3.23. The standard InChI is InChI=1S/C13H10ClNO3/c1-18-12-4-5-15-7-10(12)8-2-3-11(14)9(6-8)13(16)17/h2-7H,1H3,(H,16,17). The number of nitrogens with zero attached hydrogens (tertiary/aromatic N) is 1. The number of rotatable bonds is 3.